The molecule has 1 saturated carbocycles. The minimum atomic E-state index is 0.534. The Morgan fingerprint density at radius 1 is 1.07 bits per heavy atom. The normalized spacial score (nSPS) is 21.4. The molecule has 1 unspecified atom stereocenters. The van der Waals surface area contributed by atoms with Gasteiger partial charge in [0, 0.05) is 25.2 Å². The van der Waals surface area contributed by atoms with Crippen LogP contribution in [0.15, 0.2) is 24.3 Å². The lowest BCUT2D eigenvalue weighted by atomic mass is 9.97. The molecule has 1 N–H and O–H groups in total. The summed E-state index contributed by atoms with van der Waals surface area (Å²) in [7, 11) is 1.72. The van der Waals surface area contributed by atoms with Crippen LogP contribution in [0.3, 0.4) is 0 Å². The maximum atomic E-state index is 5.96. The second-order valence-electron chi connectivity index (χ2n) is 8.64. The molecular weight excluding hydrogens is 378 g/mol. The number of benzene rings is 1. The van der Waals surface area contributed by atoms with Gasteiger partial charge in [0.05, 0.1) is 7.11 Å². The van der Waals surface area contributed by atoms with Crippen molar-refractivity contribution in [3.8, 4) is 5.75 Å². The van der Waals surface area contributed by atoms with Gasteiger partial charge in [-0.25, -0.2) is 0 Å². The number of rotatable bonds is 7. The highest BCUT2D eigenvalue weighted by atomic mass is 32.1. The van der Waals surface area contributed by atoms with E-state index in [1.165, 1.54) is 69.9 Å². The molecule has 1 aromatic rings. The average molecular weight is 418 g/mol. The molecule has 1 saturated heterocycles. The maximum absolute atomic E-state index is 5.96. The van der Waals surface area contributed by atoms with Crippen molar-refractivity contribution >= 4 is 17.3 Å². The summed E-state index contributed by atoms with van der Waals surface area (Å²) in [6.07, 6.45) is 11.9. The lowest BCUT2D eigenvalue weighted by Gasteiger charge is -2.34. The first kappa shape index (κ1) is 22.4. The van der Waals surface area contributed by atoms with Crippen molar-refractivity contribution in [1.82, 2.24) is 15.1 Å². The fourth-order valence-corrected chi connectivity index (χ4v) is 5.12. The summed E-state index contributed by atoms with van der Waals surface area (Å²) < 4.78 is 5.32. The number of methoxy groups -OCH3 is 1. The fourth-order valence-electron chi connectivity index (χ4n) is 4.81. The smallest absolute Gasteiger partial charge is 0.169 e. The largest absolute Gasteiger partial charge is 0.497 e. The van der Waals surface area contributed by atoms with E-state index in [2.05, 4.69) is 34.2 Å². The molecule has 0 bridgehead atoms. The lowest BCUT2D eigenvalue weighted by Crippen LogP contribution is -2.49. The molecule has 1 atom stereocenters. The van der Waals surface area contributed by atoms with E-state index in [0.29, 0.717) is 12.1 Å². The fraction of sp³-hybridized carbons (Fsp3) is 0.708. The van der Waals surface area contributed by atoms with Gasteiger partial charge in [-0.3, -0.25) is 4.90 Å². The quantitative estimate of drug-likeness (QED) is 0.633. The number of nitrogens with zero attached hydrogens (tertiary/aromatic N) is 2. The molecule has 2 aliphatic rings. The van der Waals surface area contributed by atoms with E-state index < -0.39 is 0 Å². The summed E-state index contributed by atoms with van der Waals surface area (Å²) in [5.74, 6) is 0.906. The highest BCUT2D eigenvalue weighted by Crippen LogP contribution is 2.21. The van der Waals surface area contributed by atoms with Crippen LogP contribution in [-0.2, 0) is 6.54 Å². The van der Waals surface area contributed by atoms with E-state index in [1.807, 2.05) is 12.1 Å². The van der Waals surface area contributed by atoms with Crippen molar-refractivity contribution in [2.24, 2.45) is 0 Å². The van der Waals surface area contributed by atoms with Gasteiger partial charge in [0.2, 0.25) is 0 Å². The summed E-state index contributed by atoms with van der Waals surface area (Å²) in [6, 6.07) is 9.56. The van der Waals surface area contributed by atoms with Gasteiger partial charge in [0.25, 0.3) is 0 Å². The molecule has 0 spiro atoms. The predicted octanol–water partition coefficient (Wildman–Crippen LogP) is 4.97. The number of likely N-dealkylation sites (N-methyl/N-ethyl adjacent to an activating group) is 1. The van der Waals surface area contributed by atoms with Gasteiger partial charge in [-0.2, -0.15) is 0 Å². The Bertz CT molecular complexity index is 613. The van der Waals surface area contributed by atoms with Crippen LogP contribution in [-0.4, -0.2) is 53.7 Å². The summed E-state index contributed by atoms with van der Waals surface area (Å²) >= 11 is 5.96. The Labute approximate surface area is 183 Å². The number of likely N-dealkylation sites (tertiary alicyclic amines) is 1. The molecule has 4 nitrogen and oxygen atoms in total. The predicted molar refractivity (Wildman–Crippen MR) is 126 cm³/mol. The first-order valence-electron chi connectivity index (χ1n) is 11.6. The molecule has 1 heterocycles. The van der Waals surface area contributed by atoms with Crippen molar-refractivity contribution < 1.29 is 4.74 Å². The Morgan fingerprint density at radius 3 is 2.41 bits per heavy atom. The highest BCUT2D eigenvalue weighted by molar-refractivity contribution is 7.80. The molecule has 29 heavy (non-hydrogen) atoms. The topological polar surface area (TPSA) is 27.7 Å². The van der Waals surface area contributed by atoms with Crippen LogP contribution in [0.5, 0.6) is 5.75 Å². The van der Waals surface area contributed by atoms with Crippen molar-refractivity contribution in [3.05, 3.63) is 29.8 Å². The average Bonchev–Trinajstić information content (AvgIpc) is 3.17. The van der Waals surface area contributed by atoms with Gasteiger partial charge < -0.3 is 15.0 Å². The third-order valence-corrected chi connectivity index (χ3v) is 6.96. The van der Waals surface area contributed by atoms with Gasteiger partial charge in [0.1, 0.15) is 5.75 Å². The molecule has 0 aromatic heterocycles. The monoisotopic (exact) mass is 417 g/mol. The summed E-state index contributed by atoms with van der Waals surface area (Å²) in [5, 5.41) is 4.69. The molecule has 3 rings (SSSR count). The van der Waals surface area contributed by atoms with E-state index >= 15 is 0 Å². The zero-order chi connectivity index (χ0) is 20.5. The van der Waals surface area contributed by atoms with E-state index in [9.17, 15) is 0 Å². The number of ether oxygens (including phenoxy) is 1. The Hall–Kier alpha value is -1.33. The van der Waals surface area contributed by atoms with Crippen molar-refractivity contribution in [2.75, 3.05) is 26.7 Å². The number of thiocarbonyl (C=S) groups is 1. The molecule has 1 aromatic carbocycles. The third-order valence-electron chi connectivity index (χ3n) is 6.59. The summed E-state index contributed by atoms with van der Waals surface area (Å²) in [6.45, 7) is 6.50. The van der Waals surface area contributed by atoms with E-state index in [0.717, 1.165) is 30.5 Å². The third kappa shape index (κ3) is 6.85. The Balaban J connectivity index is 1.66. The van der Waals surface area contributed by atoms with E-state index in [-0.39, 0.29) is 0 Å². The number of hydrogen-bond acceptors (Lipinski definition) is 3. The van der Waals surface area contributed by atoms with Crippen LogP contribution >= 0.6 is 12.2 Å². The van der Waals surface area contributed by atoms with Gasteiger partial charge in [-0.15, -0.1) is 0 Å². The maximum Gasteiger partial charge on any atom is 0.169 e. The molecule has 0 amide bonds. The molecule has 5 heteroatoms. The van der Waals surface area contributed by atoms with Crippen molar-refractivity contribution in [3.63, 3.8) is 0 Å². The minimum Gasteiger partial charge on any atom is -0.497 e. The van der Waals surface area contributed by atoms with E-state index in [4.69, 9.17) is 17.0 Å². The lowest BCUT2D eigenvalue weighted by molar-refractivity contribution is 0.218. The van der Waals surface area contributed by atoms with Crippen LogP contribution in [0.4, 0.5) is 0 Å². The zero-order valence-corrected chi connectivity index (χ0v) is 19.2. The second kappa shape index (κ2) is 11.8. The van der Waals surface area contributed by atoms with Gasteiger partial charge >= 0.3 is 0 Å². The van der Waals surface area contributed by atoms with E-state index in [1.54, 1.807) is 7.11 Å². The van der Waals surface area contributed by atoms with Crippen LogP contribution in [0.2, 0.25) is 0 Å². The van der Waals surface area contributed by atoms with Gasteiger partial charge in [-0.1, -0.05) is 51.2 Å². The van der Waals surface area contributed by atoms with Crippen LogP contribution in [0.25, 0.3) is 0 Å². The van der Waals surface area contributed by atoms with Crippen molar-refractivity contribution in [2.45, 2.75) is 83.3 Å². The summed E-state index contributed by atoms with van der Waals surface area (Å²) in [4.78, 5) is 5.02. The minimum absolute atomic E-state index is 0.534. The van der Waals surface area contributed by atoms with Gasteiger partial charge in [-0.05, 0) is 68.7 Å². The molecular formula is C24H39N3OS. The Kier molecular flexibility index (Phi) is 9.06. The first-order valence-corrected chi connectivity index (χ1v) is 12.0. The van der Waals surface area contributed by atoms with Crippen molar-refractivity contribution in [1.29, 1.82) is 0 Å². The highest BCUT2D eigenvalue weighted by Gasteiger charge is 2.27. The first-order chi connectivity index (χ1) is 14.2. The molecule has 2 fully saturated rings. The van der Waals surface area contributed by atoms with Gasteiger partial charge in [0.15, 0.2) is 5.11 Å². The number of hydrogen-bond donors (Lipinski definition) is 1. The van der Waals surface area contributed by atoms with Crippen LogP contribution in [0, 0.1) is 0 Å². The standard InChI is InChI=1S/C24H39N3OS/c1-3-26-17-9-12-22(26)19-27(18-20-13-15-23(28-2)16-14-20)24(29)25-21-10-7-5-4-6-8-11-21/h13-16,21-22H,3-12,17-19H2,1-2H3,(H,25,29). The molecule has 1 aliphatic heterocycles. The molecule has 0 radical (unpaired) electrons. The Morgan fingerprint density at radius 2 is 1.76 bits per heavy atom. The van der Waals surface area contributed by atoms with Crippen LogP contribution < -0.4 is 10.1 Å². The zero-order valence-electron chi connectivity index (χ0n) is 18.4. The second-order valence-corrected chi connectivity index (χ2v) is 9.03. The number of nitrogens with one attached hydrogen (secondary N) is 1. The van der Waals surface area contributed by atoms with Crippen LogP contribution in [0.1, 0.15) is 70.3 Å². The molecule has 1 aliphatic carbocycles. The molecule has 162 valence electrons. The SMILES string of the molecule is CCN1CCCC1CN(Cc1ccc(OC)cc1)C(=S)NC1CCCCCCC1. The summed E-state index contributed by atoms with van der Waals surface area (Å²) in [5.41, 5.74) is 1.29.